The summed E-state index contributed by atoms with van der Waals surface area (Å²) in [5.74, 6) is -1.75. The molecule has 33 heavy (non-hydrogen) atoms. The summed E-state index contributed by atoms with van der Waals surface area (Å²) in [5, 5.41) is 0. The summed E-state index contributed by atoms with van der Waals surface area (Å²) in [5.41, 5.74) is 0.992. The van der Waals surface area contributed by atoms with Crippen LogP contribution in [0.25, 0.3) is 11.4 Å². The summed E-state index contributed by atoms with van der Waals surface area (Å²) in [4.78, 5) is 19.9. The smallest absolute Gasteiger partial charge is 0.428 e. The van der Waals surface area contributed by atoms with E-state index in [0.29, 0.717) is 12.8 Å². The Bertz CT molecular complexity index is 873. The Hall–Kier alpha value is -2.71. The van der Waals surface area contributed by atoms with Crippen LogP contribution < -0.4 is 4.74 Å². The monoisotopic (exact) mass is 470 g/mol. The fraction of sp³-hybridized carbons (Fsp3) is 0.542. The number of alkyl halides is 3. The van der Waals surface area contributed by atoms with Crippen molar-refractivity contribution in [2.24, 2.45) is 0 Å². The van der Waals surface area contributed by atoms with Crippen molar-refractivity contribution >= 4 is 5.97 Å². The zero-order chi connectivity index (χ0) is 24.3. The Morgan fingerprint density at radius 1 is 1.03 bits per heavy atom. The topological polar surface area (TPSA) is 61.3 Å². The minimum Gasteiger partial charge on any atom is -0.477 e. The number of hydrogen-bond acceptors (Lipinski definition) is 5. The summed E-state index contributed by atoms with van der Waals surface area (Å²) < 4.78 is 64.1. The second kappa shape index (κ2) is 13.1. The molecule has 0 aliphatic rings. The molecule has 1 atom stereocenters. The highest BCUT2D eigenvalue weighted by Crippen LogP contribution is 2.29. The lowest BCUT2D eigenvalue weighted by atomic mass is 10.1. The average molecular weight is 471 g/mol. The maximum Gasteiger partial charge on any atom is 0.428 e. The van der Waals surface area contributed by atoms with Crippen molar-refractivity contribution in [1.82, 2.24) is 9.97 Å². The predicted molar refractivity (Wildman–Crippen MR) is 116 cm³/mol. The summed E-state index contributed by atoms with van der Waals surface area (Å²) in [7, 11) is 0. The highest BCUT2D eigenvalue weighted by molar-refractivity contribution is 5.69. The van der Waals surface area contributed by atoms with Gasteiger partial charge in [-0.1, -0.05) is 39.5 Å². The number of nitrogens with zero attached hydrogens (tertiary/aromatic N) is 2. The van der Waals surface area contributed by atoms with E-state index in [1.165, 1.54) is 12.1 Å². The summed E-state index contributed by atoms with van der Waals surface area (Å²) >= 11 is 0. The van der Waals surface area contributed by atoms with Crippen molar-refractivity contribution in [3.63, 3.8) is 0 Å². The molecule has 1 heterocycles. The maximum absolute atomic E-state index is 14.6. The minimum atomic E-state index is -4.80. The van der Waals surface area contributed by atoms with Crippen molar-refractivity contribution < 1.29 is 31.8 Å². The standard InChI is InChI=1S/C24H30F4N2O3/c1-3-5-7-8-9-17-14-29-23(30-15-17)19-12-11-18(13-20(19)25)33-21(24(26,27)28)16-32-22(31)10-6-4-2/h11-15,21H,3-10,16H2,1-2H3. The molecule has 0 aliphatic heterocycles. The Morgan fingerprint density at radius 3 is 2.33 bits per heavy atom. The lowest BCUT2D eigenvalue weighted by Gasteiger charge is -2.21. The number of carbonyl (C=O) groups excluding carboxylic acids is 1. The first-order valence-electron chi connectivity index (χ1n) is 11.2. The molecule has 2 rings (SSSR count). The number of hydrogen-bond donors (Lipinski definition) is 0. The van der Waals surface area contributed by atoms with Crippen LogP contribution in [0, 0.1) is 5.82 Å². The van der Waals surface area contributed by atoms with E-state index >= 15 is 0 Å². The van der Waals surface area contributed by atoms with Crippen LogP contribution >= 0.6 is 0 Å². The van der Waals surface area contributed by atoms with Gasteiger partial charge >= 0.3 is 12.1 Å². The molecule has 5 nitrogen and oxygen atoms in total. The van der Waals surface area contributed by atoms with Gasteiger partial charge in [0.2, 0.25) is 6.10 Å². The van der Waals surface area contributed by atoms with Gasteiger partial charge in [0.05, 0.1) is 5.56 Å². The van der Waals surface area contributed by atoms with E-state index in [4.69, 9.17) is 4.74 Å². The van der Waals surface area contributed by atoms with E-state index in [-0.39, 0.29) is 23.6 Å². The van der Waals surface area contributed by atoms with Crippen molar-refractivity contribution in [3.05, 3.63) is 42.0 Å². The van der Waals surface area contributed by atoms with Crippen molar-refractivity contribution in [3.8, 4) is 17.1 Å². The van der Waals surface area contributed by atoms with E-state index in [2.05, 4.69) is 21.6 Å². The molecule has 0 bridgehead atoms. The zero-order valence-electron chi connectivity index (χ0n) is 19.0. The predicted octanol–water partition coefficient (Wildman–Crippen LogP) is 6.45. The van der Waals surface area contributed by atoms with Gasteiger partial charge in [0, 0.05) is 24.9 Å². The largest absolute Gasteiger partial charge is 0.477 e. The number of unbranched alkanes of at least 4 members (excludes halogenated alkanes) is 4. The molecule has 0 amide bonds. The summed E-state index contributed by atoms with van der Waals surface area (Å²) in [6.45, 7) is 2.98. The number of ether oxygens (including phenoxy) is 2. The Morgan fingerprint density at radius 2 is 1.73 bits per heavy atom. The molecular weight excluding hydrogens is 440 g/mol. The van der Waals surface area contributed by atoms with Gasteiger partial charge < -0.3 is 9.47 Å². The first-order chi connectivity index (χ1) is 15.7. The van der Waals surface area contributed by atoms with Crippen LogP contribution in [0.1, 0.15) is 64.4 Å². The van der Waals surface area contributed by atoms with Crippen LogP contribution in [0.2, 0.25) is 0 Å². The van der Waals surface area contributed by atoms with Crippen LogP contribution in [0.4, 0.5) is 17.6 Å². The maximum atomic E-state index is 14.6. The van der Waals surface area contributed by atoms with Gasteiger partial charge in [-0.25, -0.2) is 14.4 Å². The molecular formula is C24H30F4N2O3. The number of benzene rings is 1. The van der Waals surface area contributed by atoms with E-state index in [0.717, 1.165) is 43.7 Å². The number of aryl methyl sites for hydroxylation is 1. The molecule has 0 fully saturated rings. The molecule has 0 spiro atoms. The zero-order valence-corrected chi connectivity index (χ0v) is 19.0. The van der Waals surface area contributed by atoms with Gasteiger partial charge in [-0.3, -0.25) is 4.79 Å². The Labute approximate surface area is 191 Å². The Balaban J connectivity index is 2.03. The van der Waals surface area contributed by atoms with Crippen LogP contribution in [-0.4, -0.2) is 34.8 Å². The van der Waals surface area contributed by atoms with Gasteiger partial charge in [-0.2, -0.15) is 13.2 Å². The molecule has 2 aromatic rings. The number of carbonyl (C=O) groups is 1. The highest BCUT2D eigenvalue weighted by atomic mass is 19.4. The third-order valence-corrected chi connectivity index (χ3v) is 4.98. The van der Waals surface area contributed by atoms with E-state index in [9.17, 15) is 22.4 Å². The molecule has 9 heteroatoms. The summed E-state index contributed by atoms with van der Waals surface area (Å²) in [6.07, 6.45) is 2.59. The third-order valence-electron chi connectivity index (χ3n) is 4.98. The highest BCUT2D eigenvalue weighted by Gasteiger charge is 2.43. The number of aromatic nitrogens is 2. The van der Waals surface area contributed by atoms with Crippen LogP contribution in [-0.2, 0) is 16.0 Å². The first kappa shape index (κ1) is 26.5. The van der Waals surface area contributed by atoms with Crippen LogP contribution in [0.3, 0.4) is 0 Å². The lowest BCUT2D eigenvalue weighted by molar-refractivity contribution is -0.209. The SMILES string of the molecule is CCCCCCc1cnc(-c2ccc(OC(COC(=O)CCCC)C(F)(F)F)cc2F)nc1. The normalized spacial score (nSPS) is 12.4. The number of rotatable bonds is 13. The summed E-state index contributed by atoms with van der Waals surface area (Å²) in [6, 6.07) is 3.31. The number of esters is 1. The average Bonchev–Trinajstić information content (AvgIpc) is 2.78. The molecule has 0 radical (unpaired) electrons. The van der Waals surface area contributed by atoms with Gasteiger partial charge in [0.25, 0.3) is 0 Å². The fourth-order valence-electron chi connectivity index (χ4n) is 3.05. The van der Waals surface area contributed by atoms with Gasteiger partial charge in [0.1, 0.15) is 18.2 Å². The van der Waals surface area contributed by atoms with Gasteiger partial charge in [-0.05, 0) is 37.0 Å². The molecule has 0 aliphatic carbocycles. The van der Waals surface area contributed by atoms with Crippen molar-refractivity contribution in [1.29, 1.82) is 0 Å². The molecule has 0 saturated heterocycles. The molecule has 0 saturated carbocycles. The quantitative estimate of drug-likeness (QED) is 0.191. The molecule has 1 aromatic carbocycles. The van der Waals surface area contributed by atoms with E-state index < -0.39 is 30.7 Å². The van der Waals surface area contributed by atoms with Crippen LogP contribution in [0.15, 0.2) is 30.6 Å². The van der Waals surface area contributed by atoms with Crippen molar-refractivity contribution in [2.75, 3.05) is 6.61 Å². The molecule has 182 valence electrons. The van der Waals surface area contributed by atoms with Crippen molar-refractivity contribution in [2.45, 2.75) is 77.5 Å². The van der Waals surface area contributed by atoms with Gasteiger partial charge in [-0.15, -0.1) is 0 Å². The van der Waals surface area contributed by atoms with Gasteiger partial charge in [0.15, 0.2) is 5.82 Å². The second-order valence-electron chi connectivity index (χ2n) is 7.80. The second-order valence-corrected chi connectivity index (χ2v) is 7.80. The van der Waals surface area contributed by atoms with E-state index in [1.54, 1.807) is 12.4 Å². The first-order valence-corrected chi connectivity index (χ1v) is 11.2. The Kier molecular flexibility index (Phi) is 10.5. The fourth-order valence-corrected chi connectivity index (χ4v) is 3.05. The molecule has 1 aromatic heterocycles. The van der Waals surface area contributed by atoms with E-state index in [1.807, 2.05) is 6.92 Å². The van der Waals surface area contributed by atoms with Crippen LogP contribution in [0.5, 0.6) is 5.75 Å². The number of halogens is 4. The molecule has 0 N–H and O–H groups in total. The third kappa shape index (κ3) is 8.98. The lowest BCUT2D eigenvalue weighted by Crippen LogP contribution is -2.39. The molecule has 1 unspecified atom stereocenters. The minimum absolute atomic E-state index is 0.0297.